The van der Waals surface area contributed by atoms with Crippen LogP contribution in [0.15, 0.2) is 41.3 Å². The zero-order valence-corrected chi connectivity index (χ0v) is 16.0. The van der Waals surface area contributed by atoms with E-state index in [1.165, 1.54) is 38.5 Å². The molecular formula is C17H18ClNO6S. The first-order valence-electron chi connectivity index (χ1n) is 7.43. The van der Waals surface area contributed by atoms with Crippen LogP contribution in [0.25, 0.3) is 0 Å². The molecule has 0 unspecified atom stereocenters. The van der Waals surface area contributed by atoms with Gasteiger partial charge in [-0.05, 0) is 36.8 Å². The van der Waals surface area contributed by atoms with Crippen molar-refractivity contribution < 1.29 is 27.8 Å². The molecule has 0 saturated carbocycles. The summed E-state index contributed by atoms with van der Waals surface area (Å²) in [5.74, 6) is -0.727. The summed E-state index contributed by atoms with van der Waals surface area (Å²) in [6.07, 6.45) is 0. The molecule has 2 rings (SSSR count). The molecule has 26 heavy (non-hydrogen) atoms. The highest BCUT2D eigenvalue weighted by Crippen LogP contribution is 2.33. The normalized spacial score (nSPS) is 11.1. The molecule has 0 spiro atoms. The molecule has 0 aliphatic carbocycles. The Balaban J connectivity index is 2.63. The largest absolute Gasteiger partial charge is 0.493 e. The Bertz CT molecular complexity index is 929. The summed E-state index contributed by atoms with van der Waals surface area (Å²) in [5.41, 5.74) is 0.759. The van der Waals surface area contributed by atoms with Crippen LogP contribution in [0.4, 0.5) is 5.69 Å². The van der Waals surface area contributed by atoms with E-state index >= 15 is 0 Å². The van der Waals surface area contributed by atoms with Crippen molar-refractivity contribution in [1.29, 1.82) is 0 Å². The Morgan fingerprint density at radius 2 is 1.77 bits per heavy atom. The van der Waals surface area contributed by atoms with Crippen molar-refractivity contribution in [2.45, 2.75) is 11.8 Å². The van der Waals surface area contributed by atoms with Crippen LogP contribution in [0.3, 0.4) is 0 Å². The fraction of sp³-hybridized carbons (Fsp3) is 0.235. The van der Waals surface area contributed by atoms with Gasteiger partial charge in [0.2, 0.25) is 0 Å². The number of halogens is 1. The predicted octanol–water partition coefficient (Wildman–Crippen LogP) is 2.95. The summed E-state index contributed by atoms with van der Waals surface area (Å²) >= 11 is 5.98. The van der Waals surface area contributed by atoms with Crippen molar-refractivity contribution in [3.8, 4) is 11.5 Å². The van der Waals surface area contributed by atoms with Gasteiger partial charge in [0.15, 0.2) is 11.5 Å². The maximum Gasteiger partial charge on any atom is 0.324 e. The molecule has 0 fully saturated rings. The molecule has 9 heteroatoms. The van der Waals surface area contributed by atoms with Crippen LogP contribution in [-0.2, 0) is 14.8 Å². The number of anilines is 1. The van der Waals surface area contributed by atoms with Gasteiger partial charge in [0.1, 0.15) is 6.54 Å². The van der Waals surface area contributed by atoms with Crippen molar-refractivity contribution >= 4 is 33.3 Å². The van der Waals surface area contributed by atoms with E-state index < -0.39 is 22.5 Å². The van der Waals surface area contributed by atoms with Gasteiger partial charge >= 0.3 is 5.97 Å². The van der Waals surface area contributed by atoms with Gasteiger partial charge in [0, 0.05) is 11.1 Å². The third-order valence-corrected chi connectivity index (χ3v) is 5.65. The second kappa shape index (κ2) is 7.84. The van der Waals surface area contributed by atoms with E-state index in [0.717, 1.165) is 4.31 Å². The lowest BCUT2D eigenvalue weighted by atomic mass is 10.2. The van der Waals surface area contributed by atoms with Crippen molar-refractivity contribution in [2.75, 3.05) is 25.1 Å². The van der Waals surface area contributed by atoms with Crippen LogP contribution in [0.5, 0.6) is 11.5 Å². The van der Waals surface area contributed by atoms with Gasteiger partial charge in [-0.25, -0.2) is 8.42 Å². The molecule has 0 bridgehead atoms. The smallest absolute Gasteiger partial charge is 0.324 e. The number of carbonyl (C=O) groups is 1. The number of aliphatic carboxylic acids is 1. The van der Waals surface area contributed by atoms with Crippen molar-refractivity contribution in [3.05, 3.63) is 47.0 Å². The minimum atomic E-state index is -4.19. The first-order valence-corrected chi connectivity index (χ1v) is 9.25. The third-order valence-electron chi connectivity index (χ3n) is 3.66. The molecule has 0 aromatic heterocycles. The van der Waals surface area contributed by atoms with Crippen LogP contribution in [-0.4, -0.2) is 40.3 Å². The fourth-order valence-corrected chi connectivity index (χ4v) is 4.03. The molecule has 0 atom stereocenters. The average Bonchev–Trinajstić information content (AvgIpc) is 2.60. The lowest BCUT2D eigenvalue weighted by molar-refractivity contribution is -0.135. The van der Waals surface area contributed by atoms with Gasteiger partial charge in [-0.15, -0.1) is 0 Å². The minimum absolute atomic E-state index is 0.129. The summed E-state index contributed by atoms with van der Waals surface area (Å²) in [4.78, 5) is 11.2. The van der Waals surface area contributed by atoms with E-state index in [0.29, 0.717) is 16.3 Å². The maximum atomic E-state index is 13.1. The monoisotopic (exact) mass is 399 g/mol. The highest BCUT2D eigenvalue weighted by atomic mass is 35.5. The van der Waals surface area contributed by atoms with Crippen molar-refractivity contribution in [2.24, 2.45) is 0 Å². The van der Waals surface area contributed by atoms with Gasteiger partial charge < -0.3 is 14.6 Å². The number of carboxylic acids is 1. The maximum absolute atomic E-state index is 13.1. The van der Waals surface area contributed by atoms with E-state index in [2.05, 4.69) is 0 Å². The van der Waals surface area contributed by atoms with Crippen LogP contribution in [0, 0.1) is 6.92 Å². The fourth-order valence-electron chi connectivity index (χ4n) is 2.38. The van der Waals surface area contributed by atoms with Crippen LogP contribution in [0.1, 0.15) is 5.56 Å². The first-order chi connectivity index (χ1) is 12.2. The average molecular weight is 400 g/mol. The van der Waals surface area contributed by atoms with Crippen LogP contribution in [0.2, 0.25) is 5.02 Å². The molecular weight excluding hydrogens is 382 g/mol. The van der Waals surface area contributed by atoms with Gasteiger partial charge in [0.25, 0.3) is 10.0 Å². The molecule has 0 aliphatic rings. The van der Waals surface area contributed by atoms with Crippen molar-refractivity contribution in [1.82, 2.24) is 0 Å². The second-order valence-electron chi connectivity index (χ2n) is 5.35. The Labute approximate surface area is 156 Å². The van der Waals surface area contributed by atoms with Crippen LogP contribution < -0.4 is 13.8 Å². The number of ether oxygens (including phenoxy) is 2. The number of rotatable bonds is 7. The number of hydrogen-bond acceptors (Lipinski definition) is 5. The SMILES string of the molecule is COc1ccc(S(=O)(=O)N(CC(=O)O)c2cc(Cl)ccc2C)cc1OC. The lowest BCUT2D eigenvalue weighted by Crippen LogP contribution is -2.36. The molecule has 0 heterocycles. The summed E-state index contributed by atoms with van der Waals surface area (Å²) in [7, 11) is -1.38. The third kappa shape index (κ3) is 4.03. The van der Waals surface area contributed by atoms with E-state index in [1.54, 1.807) is 19.1 Å². The topological polar surface area (TPSA) is 93.1 Å². The summed E-state index contributed by atoms with van der Waals surface area (Å²) < 4.78 is 37.3. The van der Waals surface area contributed by atoms with E-state index in [4.69, 9.17) is 21.1 Å². The molecule has 0 radical (unpaired) electrons. The number of carboxylic acid groups (broad SMARTS) is 1. The van der Waals surface area contributed by atoms with Crippen LogP contribution >= 0.6 is 11.6 Å². The standard InChI is InChI=1S/C17H18ClNO6S/c1-11-4-5-12(18)8-14(11)19(10-17(20)21)26(22,23)13-6-7-15(24-2)16(9-13)25-3/h4-9H,10H2,1-3H3,(H,20,21). The molecule has 2 aromatic rings. The highest BCUT2D eigenvalue weighted by molar-refractivity contribution is 7.92. The molecule has 1 N–H and O–H groups in total. The Kier molecular flexibility index (Phi) is 5.99. The van der Waals surface area contributed by atoms with Gasteiger partial charge in [-0.2, -0.15) is 0 Å². The quantitative estimate of drug-likeness (QED) is 0.769. The highest BCUT2D eigenvalue weighted by Gasteiger charge is 2.29. The van der Waals surface area contributed by atoms with E-state index in [-0.39, 0.29) is 16.3 Å². The lowest BCUT2D eigenvalue weighted by Gasteiger charge is -2.25. The summed E-state index contributed by atoms with van der Waals surface area (Å²) in [6, 6.07) is 8.68. The molecule has 7 nitrogen and oxygen atoms in total. The van der Waals surface area contributed by atoms with E-state index in [1.807, 2.05) is 0 Å². The zero-order chi connectivity index (χ0) is 19.5. The number of nitrogens with zero attached hydrogens (tertiary/aromatic N) is 1. The second-order valence-corrected chi connectivity index (χ2v) is 7.65. The Morgan fingerprint density at radius 1 is 1.12 bits per heavy atom. The van der Waals surface area contributed by atoms with Gasteiger partial charge in [-0.1, -0.05) is 17.7 Å². The van der Waals surface area contributed by atoms with E-state index in [9.17, 15) is 18.3 Å². The molecule has 140 valence electrons. The summed E-state index contributed by atoms with van der Waals surface area (Å²) in [5, 5.41) is 9.51. The molecule has 2 aromatic carbocycles. The molecule has 0 aliphatic heterocycles. The first kappa shape index (κ1) is 19.9. The van der Waals surface area contributed by atoms with Crippen molar-refractivity contribution in [3.63, 3.8) is 0 Å². The number of benzene rings is 2. The Hall–Kier alpha value is -2.45. The number of aryl methyl sites for hydroxylation is 1. The summed E-state index contributed by atoms with van der Waals surface area (Å²) in [6.45, 7) is 0.919. The minimum Gasteiger partial charge on any atom is -0.493 e. The Morgan fingerprint density at radius 3 is 2.35 bits per heavy atom. The van der Waals surface area contributed by atoms with Gasteiger partial charge in [-0.3, -0.25) is 9.10 Å². The molecule has 0 saturated heterocycles. The van der Waals surface area contributed by atoms with Gasteiger partial charge in [0.05, 0.1) is 24.8 Å². The zero-order valence-electron chi connectivity index (χ0n) is 14.4. The molecule has 0 amide bonds. The predicted molar refractivity (Wildman–Crippen MR) is 97.9 cm³/mol. The number of methoxy groups -OCH3 is 2. The number of hydrogen-bond donors (Lipinski definition) is 1. The number of sulfonamides is 1.